The van der Waals surface area contributed by atoms with Gasteiger partial charge in [-0.05, 0) is 43.4 Å². The number of hydrogen-bond acceptors (Lipinski definition) is 1. The maximum absolute atomic E-state index is 6.06. The summed E-state index contributed by atoms with van der Waals surface area (Å²) >= 11 is 6.06. The van der Waals surface area contributed by atoms with Gasteiger partial charge in [-0.3, -0.25) is 0 Å². The molecular weight excluding hydrogens is 242 g/mol. The van der Waals surface area contributed by atoms with Gasteiger partial charge in [-0.15, -0.1) is 0 Å². The topological polar surface area (TPSA) is 12.0 Å². The van der Waals surface area contributed by atoms with Crippen molar-refractivity contribution in [1.82, 2.24) is 5.32 Å². The highest BCUT2D eigenvalue weighted by atomic mass is 35.5. The van der Waals surface area contributed by atoms with E-state index in [1.165, 1.54) is 37.7 Å². The molecule has 1 N–H and O–H groups in total. The summed E-state index contributed by atoms with van der Waals surface area (Å²) in [6, 6.07) is 9.24. The second kappa shape index (κ2) is 6.58. The maximum Gasteiger partial charge on any atom is 0.0409 e. The van der Waals surface area contributed by atoms with Gasteiger partial charge >= 0.3 is 0 Å². The average Bonchev–Trinajstić information content (AvgIpc) is 2.55. The van der Waals surface area contributed by atoms with Crippen LogP contribution >= 0.6 is 11.6 Å². The minimum atomic E-state index is 0.384. The fourth-order valence-electron chi connectivity index (χ4n) is 2.93. The van der Waals surface area contributed by atoms with Crippen LogP contribution in [-0.2, 0) is 0 Å². The molecule has 0 aromatic heterocycles. The molecule has 0 saturated heterocycles. The van der Waals surface area contributed by atoms with Gasteiger partial charge in [-0.2, -0.15) is 0 Å². The lowest BCUT2D eigenvalue weighted by Gasteiger charge is -2.27. The van der Waals surface area contributed by atoms with Crippen LogP contribution in [0.1, 0.15) is 57.6 Å². The van der Waals surface area contributed by atoms with Gasteiger partial charge in [0.2, 0.25) is 0 Å². The van der Waals surface area contributed by atoms with Crippen molar-refractivity contribution in [1.29, 1.82) is 0 Å². The van der Waals surface area contributed by atoms with E-state index in [-0.39, 0.29) is 0 Å². The molecule has 1 aromatic rings. The number of rotatable bonds is 3. The van der Waals surface area contributed by atoms with Crippen molar-refractivity contribution < 1.29 is 0 Å². The molecule has 3 atom stereocenters. The Kier molecular flexibility index (Phi) is 5.08. The molecule has 100 valence electrons. The average molecular weight is 266 g/mol. The summed E-state index contributed by atoms with van der Waals surface area (Å²) in [6.45, 7) is 4.62. The second-order valence-electron chi connectivity index (χ2n) is 5.67. The molecule has 1 aliphatic rings. The van der Waals surface area contributed by atoms with Crippen molar-refractivity contribution in [2.24, 2.45) is 5.92 Å². The maximum atomic E-state index is 6.06. The van der Waals surface area contributed by atoms with Crippen molar-refractivity contribution in [3.8, 4) is 0 Å². The molecule has 1 fully saturated rings. The molecule has 1 nitrogen and oxygen atoms in total. The predicted octanol–water partition coefficient (Wildman–Crippen LogP) is 4.96. The van der Waals surface area contributed by atoms with E-state index in [9.17, 15) is 0 Å². The van der Waals surface area contributed by atoms with Gasteiger partial charge in [-0.25, -0.2) is 0 Å². The fourth-order valence-corrected chi connectivity index (χ4v) is 3.13. The van der Waals surface area contributed by atoms with E-state index in [0.29, 0.717) is 12.1 Å². The Morgan fingerprint density at radius 2 is 2.00 bits per heavy atom. The van der Waals surface area contributed by atoms with Crippen LogP contribution < -0.4 is 5.32 Å². The van der Waals surface area contributed by atoms with Gasteiger partial charge in [0.05, 0.1) is 0 Å². The van der Waals surface area contributed by atoms with E-state index < -0.39 is 0 Å². The lowest BCUT2D eigenvalue weighted by atomic mass is 9.95. The monoisotopic (exact) mass is 265 g/mol. The summed E-state index contributed by atoms with van der Waals surface area (Å²) in [5.41, 5.74) is 1.29. The van der Waals surface area contributed by atoms with E-state index in [1.54, 1.807) is 0 Å². The lowest BCUT2D eigenvalue weighted by Crippen LogP contribution is -2.36. The van der Waals surface area contributed by atoms with Crippen LogP contribution in [0.25, 0.3) is 0 Å². The molecule has 3 unspecified atom stereocenters. The number of hydrogen-bond donors (Lipinski definition) is 1. The summed E-state index contributed by atoms with van der Waals surface area (Å²) in [5, 5.41) is 4.62. The van der Waals surface area contributed by atoms with Crippen molar-refractivity contribution in [3.05, 3.63) is 34.9 Å². The highest BCUT2D eigenvalue weighted by Gasteiger charge is 2.21. The third kappa shape index (κ3) is 3.73. The Morgan fingerprint density at radius 3 is 2.78 bits per heavy atom. The Morgan fingerprint density at radius 1 is 1.22 bits per heavy atom. The smallest absolute Gasteiger partial charge is 0.0409 e. The second-order valence-corrected chi connectivity index (χ2v) is 6.10. The first-order valence-electron chi connectivity index (χ1n) is 7.18. The van der Waals surface area contributed by atoms with E-state index in [1.807, 2.05) is 12.1 Å². The quantitative estimate of drug-likeness (QED) is 0.762. The molecule has 0 radical (unpaired) electrons. The van der Waals surface area contributed by atoms with Gasteiger partial charge < -0.3 is 5.32 Å². The molecule has 0 aliphatic heterocycles. The van der Waals surface area contributed by atoms with Crippen LogP contribution in [0.2, 0.25) is 5.02 Å². The fraction of sp³-hybridized carbons (Fsp3) is 0.625. The minimum absolute atomic E-state index is 0.384. The molecule has 18 heavy (non-hydrogen) atoms. The number of halogens is 1. The molecule has 2 rings (SSSR count). The molecule has 0 heterocycles. The Labute approximate surface area is 116 Å². The van der Waals surface area contributed by atoms with E-state index >= 15 is 0 Å². The molecule has 0 amide bonds. The normalized spacial score (nSPS) is 26.6. The third-order valence-corrected chi connectivity index (χ3v) is 4.41. The van der Waals surface area contributed by atoms with Crippen LogP contribution in [0, 0.1) is 5.92 Å². The minimum Gasteiger partial charge on any atom is -0.307 e. The highest BCUT2D eigenvalue weighted by Crippen LogP contribution is 2.26. The van der Waals surface area contributed by atoms with Crippen LogP contribution in [0.3, 0.4) is 0 Å². The highest BCUT2D eigenvalue weighted by molar-refractivity contribution is 6.30. The van der Waals surface area contributed by atoms with Crippen molar-refractivity contribution in [2.45, 2.75) is 58.0 Å². The molecule has 2 heteroatoms. The predicted molar refractivity (Wildman–Crippen MR) is 79.0 cm³/mol. The number of nitrogens with one attached hydrogen (secondary N) is 1. The van der Waals surface area contributed by atoms with Gasteiger partial charge in [-0.1, -0.05) is 49.9 Å². The van der Waals surface area contributed by atoms with Crippen LogP contribution in [0.15, 0.2) is 24.3 Å². The van der Waals surface area contributed by atoms with Crippen LogP contribution in [0.5, 0.6) is 0 Å². The van der Waals surface area contributed by atoms with Crippen LogP contribution in [-0.4, -0.2) is 6.04 Å². The molecule has 0 spiro atoms. The Bertz CT molecular complexity index is 377. The SMILES string of the molecule is CC(NC1CCCCCC1C)c1cccc(Cl)c1. The molecular formula is C16H24ClN. The lowest BCUT2D eigenvalue weighted by molar-refractivity contribution is 0.330. The van der Waals surface area contributed by atoms with E-state index in [4.69, 9.17) is 11.6 Å². The van der Waals surface area contributed by atoms with Crippen LogP contribution in [0.4, 0.5) is 0 Å². The van der Waals surface area contributed by atoms with Crippen molar-refractivity contribution >= 4 is 11.6 Å². The van der Waals surface area contributed by atoms with Gasteiger partial charge in [0.1, 0.15) is 0 Å². The third-order valence-electron chi connectivity index (χ3n) is 4.17. The zero-order valence-electron chi connectivity index (χ0n) is 11.5. The first-order valence-corrected chi connectivity index (χ1v) is 7.56. The Hall–Kier alpha value is -0.530. The summed E-state index contributed by atoms with van der Waals surface area (Å²) in [7, 11) is 0. The Balaban J connectivity index is 1.99. The summed E-state index contributed by atoms with van der Waals surface area (Å²) in [6.07, 6.45) is 6.83. The van der Waals surface area contributed by atoms with Crippen molar-refractivity contribution in [3.63, 3.8) is 0 Å². The first-order chi connectivity index (χ1) is 8.66. The number of benzene rings is 1. The summed E-state index contributed by atoms with van der Waals surface area (Å²) < 4.78 is 0. The summed E-state index contributed by atoms with van der Waals surface area (Å²) in [5.74, 6) is 0.786. The van der Waals surface area contributed by atoms with E-state index in [0.717, 1.165) is 10.9 Å². The van der Waals surface area contributed by atoms with Gasteiger partial charge in [0.15, 0.2) is 0 Å². The molecule has 0 bridgehead atoms. The van der Waals surface area contributed by atoms with E-state index in [2.05, 4.69) is 31.3 Å². The largest absolute Gasteiger partial charge is 0.307 e. The zero-order valence-corrected chi connectivity index (χ0v) is 12.2. The molecule has 1 aliphatic carbocycles. The van der Waals surface area contributed by atoms with Crippen molar-refractivity contribution in [2.75, 3.05) is 0 Å². The van der Waals surface area contributed by atoms with Gasteiger partial charge in [0.25, 0.3) is 0 Å². The standard InChI is InChI=1S/C16H24ClN/c1-12-7-4-3-5-10-16(12)18-13(2)14-8-6-9-15(17)11-14/h6,8-9,11-13,16,18H,3-5,7,10H2,1-2H3. The van der Waals surface area contributed by atoms with Gasteiger partial charge in [0, 0.05) is 17.1 Å². The first kappa shape index (κ1) is 13.9. The molecule has 1 saturated carbocycles. The summed E-state index contributed by atoms with van der Waals surface area (Å²) in [4.78, 5) is 0. The zero-order chi connectivity index (χ0) is 13.0. The molecule has 1 aromatic carbocycles.